The topological polar surface area (TPSA) is 0 Å². The number of allylic oxidation sites excluding steroid dienone is 1. The number of hydrogen-bond acceptors (Lipinski definition) is 2. The molecule has 0 atom stereocenters. The van der Waals surface area contributed by atoms with E-state index in [-0.39, 0.29) is 0 Å². The number of halogens is 1. The van der Waals surface area contributed by atoms with Crippen molar-refractivity contribution >= 4 is 38.6 Å². The molecule has 0 radical (unpaired) electrons. The van der Waals surface area contributed by atoms with Crippen molar-refractivity contribution in [3.8, 4) is 9.75 Å². The summed E-state index contributed by atoms with van der Waals surface area (Å²) in [4.78, 5) is 2.68. The van der Waals surface area contributed by atoms with E-state index in [4.69, 9.17) is 0 Å². The van der Waals surface area contributed by atoms with E-state index in [1.807, 2.05) is 6.08 Å². The lowest BCUT2D eigenvalue weighted by Gasteiger charge is -1.88. The summed E-state index contributed by atoms with van der Waals surface area (Å²) in [5.41, 5.74) is 1.35. The van der Waals surface area contributed by atoms with Gasteiger partial charge in [0.15, 0.2) is 0 Å². The highest BCUT2D eigenvalue weighted by molar-refractivity contribution is 9.11. The predicted octanol–water partition coefficient (Wildman–Crippen LogP) is 4.97. The average molecular weight is 285 g/mol. The maximum Gasteiger partial charge on any atom is 0.0705 e. The average Bonchev–Trinajstić information content (AvgIpc) is 2.74. The van der Waals surface area contributed by atoms with E-state index in [0.29, 0.717) is 0 Å². The summed E-state index contributed by atoms with van der Waals surface area (Å²) in [6, 6.07) is 6.48. The van der Waals surface area contributed by atoms with Crippen LogP contribution in [0.5, 0.6) is 0 Å². The number of rotatable bonds is 3. The summed E-state index contributed by atoms with van der Waals surface area (Å²) in [7, 11) is 0. The fourth-order valence-corrected chi connectivity index (χ4v) is 3.64. The lowest BCUT2D eigenvalue weighted by molar-refractivity contribution is 1.31. The molecule has 0 fully saturated rings. The van der Waals surface area contributed by atoms with Crippen LogP contribution >= 0.6 is 38.6 Å². The number of hydrogen-bond donors (Lipinski definition) is 0. The van der Waals surface area contributed by atoms with E-state index in [1.54, 1.807) is 22.7 Å². The van der Waals surface area contributed by atoms with Crippen LogP contribution in [-0.2, 0) is 6.42 Å². The Kier molecular flexibility index (Phi) is 3.21. The Morgan fingerprint density at radius 3 is 2.86 bits per heavy atom. The van der Waals surface area contributed by atoms with Gasteiger partial charge in [0.1, 0.15) is 0 Å². The first-order chi connectivity index (χ1) is 6.79. The van der Waals surface area contributed by atoms with E-state index in [9.17, 15) is 0 Å². The molecule has 2 heterocycles. The van der Waals surface area contributed by atoms with E-state index >= 15 is 0 Å². The molecule has 0 spiro atoms. The van der Waals surface area contributed by atoms with E-state index < -0.39 is 0 Å². The highest BCUT2D eigenvalue weighted by atomic mass is 79.9. The quantitative estimate of drug-likeness (QED) is 0.699. The van der Waals surface area contributed by atoms with Crippen LogP contribution in [0.4, 0.5) is 0 Å². The van der Waals surface area contributed by atoms with E-state index in [2.05, 4.69) is 46.1 Å². The Morgan fingerprint density at radius 1 is 1.36 bits per heavy atom. The standard InChI is InChI=1S/C11H9BrS2/c1-2-3-8-6-10(13-7-8)9-4-5-11(12)14-9/h2,4-7H,1,3H2. The maximum atomic E-state index is 3.74. The summed E-state index contributed by atoms with van der Waals surface area (Å²) in [6.07, 6.45) is 2.90. The summed E-state index contributed by atoms with van der Waals surface area (Å²) in [5.74, 6) is 0. The summed E-state index contributed by atoms with van der Waals surface area (Å²) >= 11 is 7.05. The first-order valence-electron chi connectivity index (χ1n) is 4.23. The molecule has 0 amide bonds. The third kappa shape index (κ3) is 2.16. The molecule has 0 bridgehead atoms. The zero-order chi connectivity index (χ0) is 9.97. The van der Waals surface area contributed by atoms with Gasteiger partial charge < -0.3 is 0 Å². The van der Waals surface area contributed by atoms with Gasteiger partial charge in [-0.05, 0) is 51.5 Å². The predicted molar refractivity (Wildman–Crippen MR) is 69.2 cm³/mol. The second-order valence-electron chi connectivity index (χ2n) is 2.92. The van der Waals surface area contributed by atoms with Crippen LogP contribution in [0, 0.1) is 0 Å². The van der Waals surface area contributed by atoms with Gasteiger partial charge in [0, 0.05) is 9.75 Å². The van der Waals surface area contributed by atoms with Gasteiger partial charge >= 0.3 is 0 Å². The Bertz CT molecular complexity index is 440. The maximum absolute atomic E-state index is 3.74. The van der Waals surface area contributed by atoms with Crippen molar-refractivity contribution in [3.05, 3.63) is 45.6 Å². The smallest absolute Gasteiger partial charge is 0.0705 e. The molecule has 0 unspecified atom stereocenters. The van der Waals surface area contributed by atoms with Crippen molar-refractivity contribution in [2.24, 2.45) is 0 Å². The zero-order valence-corrected chi connectivity index (χ0v) is 10.7. The molecule has 0 nitrogen and oxygen atoms in total. The first kappa shape index (κ1) is 10.1. The molecule has 14 heavy (non-hydrogen) atoms. The van der Waals surface area contributed by atoms with Crippen LogP contribution < -0.4 is 0 Å². The molecular formula is C11H9BrS2. The van der Waals surface area contributed by atoms with Crippen LogP contribution in [-0.4, -0.2) is 0 Å². The normalized spacial score (nSPS) is 10.4. The third-order valence-electron chi connectivity index (χ3n) is 1.85. The second kappa shape index (κ2) is 4.43. The molecular weight excluding hydrogens is 276 g/mol. The van der Waals surface area contributed by atoms with Gasteiger partial charge in [-0.1, -0.05) is 6.08 Å². The number of thiophene rings is 2. The molecule has 0 aromatic carbocycles. The van der Waals surface area contributed by atoms with Crippen LogP contribution in [0.15, 0.2) is 40.0 Å². The third-order valence-corrected chi connectivity index (χ3v) is 4.65. The zero-order valence-electron chi connectivity index (χ0n) is 7.50. The van der Waals surface area contributed by atoms with Gasteiger partial charge in [-0.25, -0.2) is 0 Å². The molecule has 3 heteroatoms. The summed E-state index contributed by atoms with van der Waals surface area (Å²) < 4.78 is 1.19. The molecule has 0 aliphatic rings. The SMILES string of the molecule is C=CCc1csc(-c2ccc(Br)s2)c1. The molecule has 0 saturated heterocycles. The molecule has 2 rings (SSSR count). The van der Waals surface area contributed by atoms with Crippen molar-refractivity contribution in [1.82, 2.24) is 0 Å². The van der Waals surface area contributed by atoms with Crippen molar-refractivity contribution < 1.29 is 0 Å². The minimum Gasteiger partial charge on any atom is -0.143 e. The Hall–Kier alpha value is -0.380. The van der Waals surface area contributed by atoms with Crippen LogP contribution in [0.1, 0.15) is 5.56 Å². The monoisotopic (exact) mass is 284 g/mol. The second-order valence-corrected chi connectivity index (χ2v) is 6.29. The fraction of sp³-hybridized carbons (Fsp3) is 0.0909. The lowest BCUT2D eigenvalue weighted by atomic mass is 10.2. The molecule has 0 N–H and O–H groups in total. The van der Waals surface area contributed by atoms with Crippen LogP contribution in [0.3, 0.4) is 0 Å². The van der Waals surface area contributed by atoms with Crippen LogP contribution in [0.25, 0.3) is 9.75 Å². The van der Waals surface area contributed by atoms with E-state index in [1.165, 1.54) is 19.1 Å². The molecule has 0 aliphatic heterocycles. The lowest BCUT2D eigenvalue weighted by Crippen LogP contribution is -1.71. The largest absolute Gasteiger partial charge is 0.143 e. The summed E-state index contributed by atoms with van der Waals surface area (Å²) in [5, 5.41) is 2.20. The van der Waals surface area contributed by atoms with Gasteiger partial charge in [0.05, 0.1) is 3.79 Å². The van der Waals surface area contributed by atoms with Crippen molar-refractivity contribution in [2.75, 3.05) is 0 Å². The van der Waals surface area contributed by atoms with Crippen molar-refractivity contribution in [1.29, 1.82) is 0 Å². The highest BCUT2D eigenvalue weighted by Crippen LogP contribution is 2.35. The van der Waals surface area contributed by atoms with Gasteiger partial charge in [-0.15, -0.1) is 29.3 Å². The molecule has 0 aliphatic carbocycles. The van der Waals surface area contributed by atoms with Crippen LogP contribution in [0.2, 0.25) is 0 Å². The minimum absolute atomic E-state index is 0.961. The Balaban J connectivity index is 2.28. The molecule has 2 aromatic heterocycles. The molecule has 0 saturated carbocycles. The highest BCUT2D eigenvalue weighted by Gasteiger charge is 2.04. The van der Waals surface area contributed by atoms with Crippen molar-refractivity contribution in [3.63, 3.8) is 0 Å². The Labute approximate surface area is 100 Å². The van der Waals surface area contributed by atoms with Gasteiger partial charge in [0.25, 0.3) is 0 Å². The fourth-order valence-electron chi connectivity index (χ4n) is 1.23. The minimum atomic E-state index is 0.961. The van der Waals surface area contributed by atoms with Gasteiger partial charge in [0.2, 0.25) is 0 Å². The summed E-state index contributed by atoms with van der Waals surface area (Å²) in [6.45, 7) is 3.74. The Morgan fingerprint density at radius 2 is 2.21 bits per heavy atom. The van der Waals surface area contributed by atoms with Gasteiger partial charge in [-0.3, -0.25) is 0 Å². The van der Waals surface area contributed by atoms with E-state index in [0.717, 1.165) is 6.42 Å². The molecule has 72 valence electrons. The first-order valence-corrected chi connectivity index (χ1v) is 6.72. The van der Waals surface area contributed by atoms with Gasteiger partial charge in [-0.2, -0.15) is 0 Å². The van der Waals surface area contributed by atoms with Crippen molar-refractivity contribution in [2.45, 2.75) is 6.42 Å². The molecule has 2 aromatic rings.